The van der Waals surface area contributed by atoms with Gasteiger partial charge in [-0.2, -0.15) is 0 Å². The van der Waals surface area contributed by atoms with E-state index in [0.29, 0.717) is 16.4 Å². The van der Waals surface area contributed by atoms with E-state index in [9.17, 15) is 9.59 Å². The lowest BCUT2D eigenvalue weighted by Crippen LogP contribution is -2.22. The van der Waals surface area contributed by atoms with Crippen molar-refractivity contribution in [1.82, 2.24) is 4.98 Å². The highest BCUT2D eigenvalue weighted by Crippen LogP contribution is 2.29. The van der Waals surface area contributed by atoms with Gasteiger partial charge in [0.25, 0.3) is 5.91 Å². The Kier molecular flexibility index (Phi) is 7.35. The van der Waals surface area contributed by atoms with Crippen LogP contribution in [0.25, 0.3) is 22.0 Å². The number of amides is 2. The minimum Gasteiger partial charge on any atom is -0.322 e. The maximum Gasteiger partial charge on any atom is 0.255 e. The van der Waals surface area contributed by atoms with Crippen LogP contribution in [0.4, 0.5) is 10.8 Å². The lowest BCUT2D eigenvalue weighted by atomic mass is 10.1. The molecule has 0 fully saturated rings. The Morgan fingerprint density at radius 1 is 0.865 bits per heavy atom. The van der Waals surface area contributed by atoms with Crippen LogP contribution in [-0.2, 0) is 4.79 Å². The minimum absolute atomic E-state index is 0.110. The summed E-state index contributed by atoms with van der Waals surface area (Å²) in [6.07, 6.45) is 0. The van der Waals surface area contributed by atoms with Gasteiger partial charge in [0.1, 0.15) is 0 Å². The largest absolute Gasteiger partial charge is 0.322 e. The second-order valence-corrected chi connectivity index (χ2v) is 11.0. The summed E-state index contributed by atoms with van der Waals surface area (Å²) in [6.45, 7) is 3.85. The maximum atomic E-state index is 12.8. The third kappa shape index (κ3) is 6.07. The first-order chi connectivity index (χ1) is 17.9. The van der Waals surface area contributed by atoms with Crippen molar-refractivity contribution in [3.05, 3.63) is 108 Å². The Bertz CT molecular complexity index is 1560. The molecule has 1 heterocycles. The number of thioether (sulfide) groups is 1. The number of hydrogen-bond donors (Lipinski definition) is 2. The number of aryl methyl sites for hydroxylation is 1. The SMILES string of the molecule is Cc1ccc(C(=O)Nc2ccc(SC(C)C(=O)Nc3nc(-c4ccc5ccccc5c4)cs3)cc2)cc1. The van der Waals surface area contributed by atoms with E-state index < -0.39 is 0 Å². The van der Waals surface area contributed by atoms with E-state index in [-0.39, 0.29) is 17.1 Å². The summed E-state index contributed by atoms with van der Waals surface area (Å²) in [5.74, 6) is -0.263. The third-order valence-electron chi connectivity index (χ3n) is 5.89. The van der Waals surface area contributed by atoms with Crippen molar-refractivity contribution in [2.24, 2.45) is 0 Å². The highest BCUT2D eigenvalue weighted by atomic mass is 32.2. The fraction of sp³-hybridized carbons (Fsp3) is 0.100. The summed E-state index contributed by atoms with van der Waals surface area (Å²) in [6, 6.07) is 29.4. The highest BCUT2D eigenvalue weighted by Gasteiger charge is 2.17. The van der Waals surface area contributed by atoms with Crippen molar-refractivity contribution in [2.75, 3.05) is 10.6 Å². The van der Waals surface area contributed by atoms with E-state index in [4.69, 9.17) is 0 Å². The molecule has 37 heavy (non-hydrogen) atoms. The lowest BCUT2D eigenvalue weighted by Gasteiger charge is -2.11. The summed E-state index contributed by atoms with van der Waals surface area (Å²) >= 11 is 2.87. The quantitative estimate of drug-likeness (QED) is 0.215. The van der Waals surface area contributed by atoms with Crippen molar-refractivity contribution in [1.29, 1.82) is 0 Å². The van der Waals surface area contributed by atoms with E-state index in [1.54, 1.807) is 0 Å². The summed E-state index contributed by atoms with van der Waals surface area (Å²) < 4.78 is 0. The normalized spacial score (nSPS) is 11.7. The Morgan fingerprint density at radius 3 is 2.35 bits per heavy atom. The molecule has 1 aromatic heterocycles. The molecule has 7 heteroatoms. The van der Waals surface area contributed by atoms with E-state index >= 15 is 0 Å². The first-order valence-electron chi connectivity index (χ1n) is 11.8. The molecule has 2 amide bonds. The zero-order chi connectivity index (χ0) is 25.8. The number of benzene rings is 4. The topological polar surface area (TPSA) is 71.1 Å². The molecule has 4 aromatic carbocycles. The zero-order valence-corrected chi connectivity index (χ0v) is 22.0. The number of hydrogen-bond acceptors (Lipinski definition) is 5. The summed E-state index contributed by atoms with van der Waals surface area (Å²) in [5, 5.41) is 10.4. The first-order valence-corrected chi connectivity index (χ1v) is 13.6. The van der Waals surface area contributed by atoms with Gasteiger partial charge in [-0.25, -0.2) is 4.98 Å². The molecule has 5 rings (SSSR count). The van der Waals surface area contributed by atoms with E-state index in [2.05, 4.69) is 39.9 Å². The molecule has 0 spiro atoms. The summed E-state index contributed by atoms with van der Waals surface area (Å²) in [7, 11) is 0. The number of carbonyl (C=O) groups is 2. The first kappa shape index (κ1) is 24.7. The summed E-state index contributed by atoms with van der Waals surface area (Å²) in [4.78, 5) is 30.8. The molecule has 0 saturated carbocycles. The molecule has 1 unspecified atom stereocenters. The molecular weight excluding hydrogens is 498 g/mol. The smallest absolute Gasteiger partial charge is 0.255 e. The number of nitrogens with one attached hydrogen (secondary N) is 2. The lowest BCUT2D eigenvalue weighted by molar-refractivity contribution is -0.115. The number of aromatic nitrogens is 1. The minimum atomic E-state index is -0.319. The molecule has 5 nitrogen and oxygen atoms in total. The predicted molar refractivity (Wildman–Crippen MR) is 155 cm³/mol. The maximum absolute atomic E-state index is 12.8. The summed E-state index contributed by atoms with van der Waals surface area (Å²) in [5.41, 5.74) is 4.29. The Hall–Kier alpha value is -3.94. The van der Waals surface area contributed by atoms with Gasteiger partial charge in [-0.05, 0) is 67.1 Å². The molecule has 1 atom stereocenters. The Morgan fingerprint density at radius 2 is 1.59 bits per heavy atom. The number of rotatable bonds is 7. The van der Waals surface area contributed by atoms with Gasteiger partial charge in [0.15, 0.2) is 5.13 Å². The molecule has 0 saturated heterocycles. The highest BCUT2D eigenvalue weighted by molar-refractivity contribution is 8.00. The molecule has 0 radical (unpaired) electrons. The van der Waals surface area contributed by atoms with Crippen LogP contribution in [0.1, 0.15) is 22.8 Å². The predicted octanol–water partition coefficient (Wildman–Crippen LogP) is 7.64. The average molecular weight is 524 g/mol. The van der Waals surface area contributed by atoms with E-state index in [0.717, 1.165) is 27.1 Å². The van der Waals surface area contributed by atoms with Crippen LogP contribution in [0.3, 0.4) is 0 Å². The van der Waals surface area contributed by atoms with Gasteiger partial charge in [-0.1, -0.05) is 54.1 Å². The van der Waals surface area contributed by atoms with Crippen LogP contribution in [0.5, 0.6) is 0 Å². The average Bonchev–Trinajstić information content (AvgIpc) is 3.38. The van der Waals surface area contributed by atoms with Crippen molar-refractivity contribution in [3.63, 3.8) is 0 Å². The molecule has 0 aliphatic carbocycles. The van der Waals surface area contributed by atoms with Gasteiger partial charge < -0.3 is 10.6 Å². The zero-order valence-electron chi connectivity index (χ0n) is 20.4. The van der Waals surface area contributed by atoms with Gasteiger partial charge >= 0.3 is 0 Å². The molecule has 184 valence electrons. The van der Waals surface area contributed by atoms with Crippen LogP contribution in [0.2, 0.25) is 0 Å². The number of anilines is 2. The molecule has 5 aromatic rings. The van der Waals surface area contributed by atoms with Crippen molar-refractivity contribution in [3.8, 4) is 11.3 Å². The fourth-order valence-electron chi connectivity index (χ4n) is 3.80. The van der Waals surface area contributed by atoms with Crippen molar-refractivity contribution >= 4 is 56.5 Å². The number of thiazole rings is 1. The Labute approximate surface area is 224 Å². The van der Waals surface area contributed by atoms with Gasteiger partial charge in [-0.15, -0.1) is 23.1 Å². The monoisotopic (exact) mass is 523 g/mol. The van der Waals surface area contributed by atoms with Crippen molar-refractivity contribution in [2.45, 2.75) is 24.0 Å². The van der Waals surface area contributed by atoms with Crippen LogP contribution in [-0.4, -0.2) is 22.0 Å². The van der Waals surface area contributed by atoms with E-state index in [1.807, 2.05) is 86.0 Å². The van der Waals surface area contributed by atoms with Gasteiger partial charge in [0.05, 0.1) is 10.9 Å². The van der Waals surface area contributed by atoms with Crippen LogP contribution in [0, 0.1) is 6.92 Å². The molecule has 0 aliphatic heterocycles. The molecular formula is C30H25N3O2S2. The van der Waals surface area contributed by atoms with Crippen LogP contribution >= 0.6 is 23.1 Å². The molecule has 2 N–H and O–H groups in total. The van der Waals surface area contributed by atoms with Gasteiger partial charge in [-0.3, -0.25) is 9.59 Å². The van der Waals surface area contributed by atoms with Gasteiger partial charge in [0, 0.05) is 27.1 Å². The van der Waals surface area contributed by atoms with Crippen LogP contribution < -0.4 is 10.6 Å². The van der Waals surface area contributed by atoms with E-state index in [1.165, 1.54) is 28.5 Å². The Balaban J connectivity index is 1.17. The fourth-order valence-corrected chi connectivity index (χ4v) is 5.39. The number of carbonyl (C=O) groups excluding carboxylic acids is 2. The second kappa shape index (κ2) is 11.0. The second-order valence-electron chi connectivity index (χ2n) is 8.69. The number of nitrogens with zero attached hydrogens (tertiary/aromatic N) is 1. The standard InChI is InChI=1S/C30H25N3O2S2/c1-19-7-9-22(10-8-19)29(35)31-25-13-15-26(16-14-25)37-20(2)28(34)33-30-32-27(18-36-30)24-12-11-21-5-3-4-6-23(21)17-24/h3-18,20H,1-2H3,(H,31,35)(H,32,33,34). The third-order valence-corrected chi connectivity index (χ3v) is 7.76. The number of fused-ring (bicyclic) bond motifs is 1. The van der Waals surface area contributed by atoms with Crippen molar-refractivity contribution < 1.29 is 9.59 Å². The van der Waals surface area contributed by atoms with Crippen LogP contribution in [0.15, 0.2) is 101 Å². The molecule has 0 aliphatic rings. The molecule has 0 bridgehead atoms. The van der Waals surface area contributed by atoms with Gasteiger partial charge in [0.2, 0.25) is 5.91 Å².